The molecular weight excluding hydrogens is 338 g/mol. The molecule has 128 valence electrons. The Hall–Kier alpha value is -3.86. The van der Waals surface area contributed by atoms with Crippen molar-refractivity contribution in [3.05, 3.63) is 73.3 Å². The number of nitrogens with zero attached hydrogens (tertiary/aromatic N) is 2. The predicted molar refractivity (Wildman–Crippen MR) is 104 cm³/mol. The van der Waals surface area contributed by atoms with Crippen molar-refractivity contribution < 1.29 is 8.83 Å². The lowest BCUT2D eigenvalue weighted by atomic mass is 10.1. The summed E-state index contributed by atoms with van der Waals surface area (Å²) in [5.41, 5.74) is 6.44. The highest BCUT2D eigenvalue weighted by Gasteiger charge is 2.12. The maximum absolute atomic E-state index is 5.96. The zero-order valence-electron chi connectivity index (χ0n) is 14.1. The Kier molecular flexibility index (Phi) is 2.82. The van der Waals surface area contributed by atoms with E-state index in [9.17, 15) is 0 Å². The van der Waals surface area contributed by atoms with Gasteiger partial charge in [-0.1, -0.05) is 6.07 Å². The molecule has 0 fully saturated rings. The SMILES string of the molecule is c1cc2[nH]c(-c3ccc4oc(-c5ccc6ccoc6c5)nc4c3)cc2cn1. The Morgan fingerprint density at radius 2 is 1.78 bits per heavy atom. The number of pyridine rings is 1. The van der Waals surface area contributed by atoms with Crippen LogP contribution in [0.15, 0.2) is 82.1 Å². The summed E-state index contributed by atoms with van der Waals surface area (Å²) in [4.78, 5) is 12.3. The highest BCUT2D eigenvalue weighted by Crippen LogP contribution is 2.31. The molecule has 0 saturated carbocycles. The van der Waals surface area contributed by atoms with Crippen LogP contribution in [0.3, 0.4) is 0 Å². The van der Waals surface area contributed by atoms with Crippen molar-refractivity contribution in [3.63, 3.8) is 0 Å². The van der Waals surface area contributed by atoms with E-state index in [2.05, 4.69) is 21.0 Å². The fourth-order valence-corrected chi connectivity index (χ4v) is 3.43. The van der Waals surface area contributed by atoms with Crippen LogP contribution in [-0.4, -0.2) is 15.0 Å². The van der Waals surface area contributed by atoms with Crippen LogP contribution in [0.4, 0.5) is 0 Å². The van der Waals surface area contributed by atoms with Gasteiger partial charge in [-0.15, -0.1) is 0 Å². The molecule has 0 amide bonds. The number of oxazole rings is 1. The number of hydrogen-bond acceptors (Lipinski definition) is 4. The number of H-pyrrole nitrogens is 1. The van der Waals surface area contributed by atoms with Crippen LogP contribution in [0, 0.1) is 0 Å². The maximum Gasteiger partial charge on any atom is 0.227 e. The molecule has 0 radical (unpaired) electrons. The smallest absolute Gasteiger partial charge is 0.227 e. The van der Waals surface area contributed by atoms with Crippen molar-refractivity contribution in [2.45, 2.75) is 0 Å². The third-order valence-electron chi connectivity index (χ3n) is 4.82. The van der Waals surface area contributed by atoms with Crippen LogP contribution in [0.1, 0.15) is 0 Å². The molecule has 1 N–H and O–H groups in total. The highest BCUT2D eigenvalue weighted by atomic mass is 16.3. The van der Waals surface area contributed by atoms with E-state index in [1.165, 1.54) is 0 Å². The first-order chi connectivity index (χ1) is 13.3. The molecular formula is C22H13N3O2. The zero-order valence-corrected chi connectivity index (χ0v) is 14.1. The normalized spacial score (nSPS) is 11.7. The molecule has 5 heteroatoms. The van der Waals surface area contributed by atoms with Crippen LogP contribution >= 0.6 is 0 Å². The summed E-state index contributed by atoms with van der Waals surface area (Å²) in [6.45, 7) is 0. The summed E-state index contributed by atoms with van der Waals surface area (Å²) < 4.78 is 11.4. The van der Waals surface area contributed by atoms with Crippen LogP contribution < -0.4 is 0 Å². The van der Waals surface area contributed by atoms with Gasteiger partial charge in [0.25, 0.3) is 0 Å². The van der Waals surface area contributed by atoms with E-state index >= 15 is 0 Å². The number of nitrogens with one attached hydrogen (secondary N) is 1. The third kappa shape index (κ3) is 2.25. The molecule has 6 aromatic rings. The van der Waals surface area contributed by atoms with Gasteiger partial charge in [-0.2, -0.15) is 0 Å². The van der Waals surface area contributed by atoms with Crippen molar-refractivity contribution in [1.82, 2.24) is 15.0 Å². The van der Waals surface area contributed by atoms with E-state index in [0.29, 0.717) is 5.89 Å². The van der Waals surface area contributed by atoms with Crippen LogP contribution in [0.25, 0.3) is 55.7 Å². The number of furan rings is 1. The minimum absolute atomic E-state index is 0.585. The Morgan fingerprint density at radius 3 is 2.74 bits per heavy atom. The lowest BCUT2D eigenvalue weighted by Crippen LogP contribution is -1.78. The summed E-state index contributed by atoms with van der Waals surface area (Å²) >= 11 is 0. The van der Waals surface area contributed by atoms with Crippen molar-refractivity contribution in [3.8, 4) is 22.7 Å². The third-order valence-corrected chi connectivity index (χ3v) is 4.82. The molecule has 0 saturated heterocycles. The van der Waals surface area contributed by atoms with Gasteiger partial charge in [0.15, 0.2) is 5.58 Å². The van der Waals surface area contributed by atoms with Gasteiger partial charge in [-0.25, -0.2) is 4.98 Å². The van der Waals surface area contributed by atoms with Crippen molar-refractivity contribution in [1.29, 1.82) is 0 Å². The van der Waals surface area contributed by atoms with Gasteiger partial charge in [0.05, 0.1) is 6.26 Å². The lowest BCUT2D eigenvalue weighted by molar-refractivity contribution is 0.611. The quantitative estimate of drug-likeness (QED) is 0.429. The molecule has 0 spiro atoms. The molecule has 0 atom stereocenters. The van der Waals surface area contributed by atoms with E-state index in [1.54, 1.807) is 12.5 Å². The van der Waals surface area contributed by atoms with E-state index in [4.69, 9.17) is 8.83 Å². The average molecular weight is 351 g/mol. The van der Waals surface area contributed by atoms with Crippen LogP contribution in [0.5, 0.6) is 0 Å². The summed E-state index contributed by atoms with van der Waals surface area (Å²) in [5.74, 6) is 0.585. The van der Waals surface area contributed by atoms with Crippen molar-refractivity contribution >= 4 is 33.0 Å². The molecule has 4 heterocycles. The number of aromatic nitrogens is 3. The molecule has 6 rings (SSSR count). The van der Waals surface area contributed by atoms with Crippen LogP contribution in [-0.2, 0) is 0 Å². The van der Waals surface area contributed by atoms with E-state index in [-0.39, 0.29) is 0 Å². The number of hydrogen-bond donors (Lipinski definition) is 1. The molecule has 0 unspecified atom stereocenters. The van der Waals surface area contributed by atoms with E-state index < -0.39 is 0 Å². The molecule has 0 bridgehead atoms. The Bertz CT molecular complexity index is 1410. The fourth-order valence-electron chi connectivity index (χ4n) is 3.43. The van der Waals surface area contributed by atoms with Crippen molar-refractivity contribution in [2.75, 3.05) is 0 Å². The van der Waals surface area contributed by atoms with Gasteiger partial charge in [-0.3, -0.25) is 4.98 Å². The fraction of sp³-hybridized carbons (Fsp3) is 0. The molecule has 5 nitrogen and oxygen atoms in total. The first kappa shape index (κ1) is 14.3. The zero-order chi connectivity index (χ0) is 17.8. The molecule has 0 aliphatic rings. The molecule has 2 aromatic carbocycles. The first-order valence-corrected chi connectivity index (χ1v) is 8.65. The van der Waals surface area contributed by atoms with Gasteiger partial charge in [0.1, 0.15) is 11.1 Å². The number of benzene rings is 2. The first-order valence-electron chi connectivity index (χ1n) is 8.65. The van der Waals surface area contributed by atoms with Crippen molar-refractivity contribution in [2.24, 2.45) is 0 Å². The van der Waals surface area contributed by atoms with Gasteiger partial charge in [0, 0.05) is 45.5 Å². The van der Waals surface area contributed by atoms with E-state index in [0.717, 1.165) is 49.8 Å². The highest BCUT2D eigenvalue weighted by molar-refractivity contribution is 5.88. The molecule has 0 aliphatic heterocycles. The minimum Gasteiger partial charge on any atom is -0.464 e. The second kappa shape index (κ2) is 5.32. The number of rotatable bonds is 2. The van der Waals surface area contributed by atoms with Gasteiger partial charge >= 0.3 is 0 Å². The molecule has 27 heavy (non-hydrogen) atoms. The van der Waals surface area contributed by atoms with E-state index in [1.807, 2.05) is 54.7 Å². The summed E-state index contributed by atoms with van der Waals surface area (Å²) in [6.07, 6.45) is 5.32. The number of fused-ring (bicyclic) bond motifs is 3. The Balaban J connectivity index is 1.46. The van der Waals surface area contributed by atoms with Gasteiger partial charge in [-0.05, 0) is 48.5 Å². The predicted octanol–water partition coefficient (Wildman–Crippen LogP) is 5.78. The Labute approximate surface area is 153 Å². The van der Waals surface area contributed by atoms with Crippen LogP contribution in [0.2, 0.25) is 0 Å². The largest absolute Gasteiger partial charge is 0.464 e. The second-order valence-corrected chi connectivity index (χ2v) is 6.52. The summed E-state index contributed by atoms with van der Waals surface area (Å²) in [7, 11) is 0. The van der Waals surface area contributed by atoms with Gasteiger partial charge in [0.2, 0.25) is 5.89 Å². The summed E-state index contributed by atoms with van der Waals surface area (Å²) in [6, 6.07) is 18.0. The van der Waals surface area contributed by atoms with Gasteiger partial charge < -0.3 is 13.8 Å². The lowest BCUT2D eigenvalue weighted by Gasteiger charge is -1.96. The maximum atomic E-state index is 5.96. The number of aromatic amines is 1. The molecule has 4 aromatic heterocycles. The Morgan fingerprint density at radius 1 is 0.815 bits per heavy atom. The minimum atomic E-state index is 0.585. The standard InChI is InChI=1S/C22H13N3O2/c1-2-15(11-21-13(1)6-8-26-21)22-25-19-9-14(3-4-20(19)27-22)18-10-16-12-23-7-5-17(16)24-18/h1-12,24H. The molecule has 0 aliphatic carbocycles. The monoisotopic (exact) mass is 351 g/mol. The second-order valence-electron chi connectivity index (χ2n) is 6.52. The topological polar surface area (TPSA) is 67.8 Å². The summed E-state index contributed by atoms with van der Waals surface area (Å²) in [5, 5.41) is 2.14. The average Bonchev–Trinajstić information content (AvgIpc) is 3.42.